The molecule has 2 saturated heterocycles. The number of fused-ring (bicyclic) bond motifs is 3. The van der Waals surface area contributed by atoms with E-state index in [-0.39, 0.29) is 24.4 Å². The topological polar surface area (TPSA) is 61.4 Å². The molecule has 5 heteroatoms. The summed E-state index contributed by atoms with van der Waals surface area (Å²) < 4.78 is 0. The first-order valence-electron chi connectivity index (χ1n) is 8.50. The molecule has 4 atom stereocenters. The van der Waals surface area contributed by atoms with Crippen LogP contribution in [0.25, 0.3) is 0 Å². The first kappa shape index (κ1) is 16.7. The van der Waals surface area contributed by atoms with Crippen LogP contribution in [0.2, 0.25) is 0 Å². The first-order chi connectivity index (χ1) is 10.7. The molecule has 0 radical (unpaired) electrons. The molecule has 1 aliphatic carbocycles. The molecule has 1 aromatic carbocycles. The molecule has 4 rings (SSSR count). The van der Waals surface area contributed by atoms with E-state index in [0.29, 0.717) is 30.8 Å². The molecule has 126 valence electrons. The minimum atomic E-state index is -0.495. The second-order valence-corrected chi connectivity index (χ2v) is 7.19. The summed E-state index contributed by atoms with van der Waals surface area (Å²) in [5.41, 5.74) is 2.23. The summed E-state index contributed by atoms with van der Waals surface area (Å²) in [6.45, 7) is 0. The molecule has 3 aliphatic rings. The Morgan fingerprint density at radius 1 is 1.22 bits per heavy atom. The van der Waals surface area contributed by atoms with E-state index in [4.69, 9.17) is 0 Å². The van der Waals surface area contributed by atoms with Crippen molar-refractivity contribution in [1.29, 1.82) is 0 Å². The molecule has 2 fully saturated rings. The van der Waals surface area contributed by atoms with E-state index in [2.05, 4.69) is 10.6 Å². The summed E-state index contributed by atoms with van der Waals surface area (Å²) in [5.74, 6) is 0.583. The number of aliphatic hydroxyl groups excluding tert-OH is 1. The highest BCUT2D eigenvalue weighted by molar-refractivity contribution is 5.85. The number of halogens is 1. The number of benzene rings is 1. The van der Waals surface area contributed by atoms with Gasteiger partial charge in [0.1, 0.15) is 0 Å². The van der Waals surface area contributed by atoms with Crippen LogP contribution in [-0.2, 0) is 11.2 Å². The Balaban J connectivity index is 0.00000156. The number of carbonyl (C=O) groups excluding carboxylic acids is 1. The minimum absolute atomic E-state index is 0. The average molecular weight is 337 g/mol. The normalized spacial score (nSPS) is 34.6. The van der Waals surface area contributed by atoms with E-state index in [1.54, 1.807) is 0 Å². The zero-order valence-corrected chi connectivity index (χ0v) is 14.0. The Bertz CT molecular complexity index is 568. The van der Waals surface area contributed by atoms with Crippen molar-refractivity contribution in [3.8, 4) is 0 Å². The second-order valence-electron chi connectivity index (χ2n) is 7.19. The van der Waals surface area contributed by atoms with Crippen molar-refractivity contribution in [2.75, 3.05) is 0 Å². The molecule has 0 saturated carbocycles. The van der Waals surface area contributed by atoms with Gasteiger partial charge in [0.15, 0.2) is 0 Å². The standard InChI is InChI=1S/C18H24N2O2.ClH/c21-16-10-12-3-1-2-4-15(12)18(16)20-17(22)9-11-7-13-5-6-14(8-11)19-13;/h1-4,11,13-14,16,18-19,21H,5-10H2,(H,20,22);1H/t11?,13?,14?,16-,18+;/m0./s1. The van der Waals surface area contributed by atoms with Crippen LogP contribution in [0.5, 0.6) is 0 Å². The lowest BCUT2D eigenvalue weighted by Crippen LogP contribution is -2.40. The first-order valence-corrected chi connectivity index (χ1v) is 8.50. The Hall–Kier alpha value is -1.10. The predicted octanol–water partition coefficient (Wildman–Crippen LogP) is 2.10. The van der Waals surface area contributed by atoms with E-state index in [1.165, 1.54) is 12.8 Å². The van der Waals surface area contributed by atoms with Gasteiger partial charge in [0.25, 0.3) is 0 Å². The zero-order chi connectivity index (χ0) is 15.1. The van der Waals surface area contributed by atoms with Crippen LogP contribution in [0, 0.1) is 5.92 Å². The average Bonchev–Trinajstić information content (AvgIpc) is 2.99. The molecule has 0 aromatic heterocycles. The van der Waals surface area contributed by atoms with Crippen LogP contribution < -0.4 is 10.6 Å². The summed E-state index contributed by atoms with van der Waals surface area (Å²) >= 11 is 0. The largest absolute Gasteiger partial charge is 0.390 e. The van der Waals surface area contributed by atoms with Gasteiger partial charge in [-0.2, -0.15) is 0 Å². The predicted molar refractivity (Wildman–Crippen MR) is 91.6 cm³/mol. The highest BCUT2D eigenvalue weighted by Crippen LogP contribution is 2.34. The smallest absolute Gasteiger partial charge is 0.220 e. The van der Waals surface area contributed by atoms with Crippen molar-refractivity contribution in [3.05, 3.63) is 35.4 Å². The summed E-state index contributed by atoms with van der Waals surface area (Å²) in [6.07, 6.45) is 5.50. The maximum atomic E-state index is 12.4. The number of rotatable bonds is 3. The molecule has 4 nitrogen and oxygen atoms in total. The Morgan fingerprint density at radius 3 is 2.65 bits per heavy atom. The summed E-state index contributed by atoms with van der Waals surface area (Å²) in [6, 6.07) is 9.02. The van der Waals surface area contributed by atoms with E-state index in [0.717, 1.165) is 24.0 Å². The fraction of sp³-hybridized carbons (Fsp3) is 0.611. The molecule has 1 aromatic rings. The number of hydrogen-bond donors (Lipinski definition) is 3. The highest BCUT2D eigenvalue weighted by atomic mass is 35.5. The third kappa shape index (κ3) is 3.39. The zero-order valence-electron chi connectivity index (χ0n) is 13.2. The maximum Gasteiger partial charge on any atom is 0.220 e. The van der Waals surface area contributed by atoms with Crippen LogP contribution in [0.1, 0.15) is 49.3 Å². The molecule has 2 aliphatic heterocycles. The van der Waals surface area contributed by atoms with Gasteiger partial charge in [-0.25, -0.2) is 0 Å². The van der Waals surface area contributed by atoms with Gasteiger partial charge in [-0.15, -0.1) is 12.4 Å². The van der Waals surface area contributed by atoms with Crippen molar-refractivity contribution in [1.82, 2.24) is 10.6 Å². The molecule has 3 N–H and O–H groups in total. The van der Waals surface area contributed by atoms with Gasteiger partial charge in [-0.1, -0.05) is 24.3 Å². The number of hydrogen-bond acceptors (Lipinski definition) is 3. The number of piperidine rings is 1. The van der Waals surface area contributed by atoms with Crippen LogP contribution in [-0.4, -0.2) is 29.2 Å². The quantitative estimate of drug-likeness (QED) is 0.792. The number of carbonyl (C=O) groups is 1. The fourth-order valence-electron chi connectivity index (χ4n) is 4.58. The van der Waals surface area contributed by atoms with Crippen LogP contribution in [0.15, 0.2) is 24.3 Å². The molecular formula is C18H25ClN2O2. The molecule has 1 amide bonds. The van der Waals surface area contributed by atoms with Gasteiger partial charge in [-0.05, 0) is 42.7 Å². The summed E-state index contributed by atoms with van der Waals surface area (Å²) in [7, 11) is 0. The van der Waals surface area contributed by atoms with Gasteiger partial charge >= 0.3 is 0 Å². The monoisotopic (exact) mass is 336 g/mol. The molecule has 23 heavy (non-hydrogen) atoms. The number of aliphatic hydroxyl groups is 1. The van der Waals surface area contributed by atoms with Crippen molar-refractivity contribution in [2.24, 2.45) is 5.92 Å². The Morgan fingerprint density at radius 2 is 1.91 bits per heavy atom. The molecular weight excluding hydrogens is 312 g/mol. The second kappa shape index (κ2) is 6.80. The highest BCUT2D eigenvalue weighted by Gasteiger charge is 2.36. The summed E-state index contributed by atoms with van der Waals surface area (Å²) in [5, 5.41) is 16.9. The molecule has 2 bridgehead atoms. The number of nitrogens with one attached hydrogen (secondary N) is 2. The lowest BCUT2D eigenvalue weighted by Gasteiger charge is -2.29. The van der Waals surface area contributed by atoms with Crippen molar-refractivity contribution in [2.45, 2.75) is 62.8 Å². The lowest BCUT2D eigenvalue weighted by atomic mass is 9.89. The van der Waals surface area contributed by atoms with E-state index < -0.39 is 6.10 Å². The maximum absolute atomic E-state index is 12.4. The van der Waals surface area contributed by atoms with Crippen LogP contribution >= 0.6 is 12.4 Å². The van der Waals surface area contributed by atoms with E-state index in [1.807, 2.05) is 24.3 Å². The molecule has 2 heterocycles. The molecule has 0 spiro atoms. The summed E-state index contributed by atoms with van der Waals surface area (Å²) in [4.78, 5) is 12.4. The van der Waals surface area contributed by atoms with Crippen LogP contribution in [0.4, 0.5) is 0 Å². The SMILES string of the molecule is Cl.O=C(CC1CC2CCC(C1)N2)N[C@@H]1c2ccccc2C[C@@H]1O. The van der Waals surface area contributed by atoms with Gasteiger partial charge < -0.3 is 15.7 Å². The molecule has 2 unspecified atom stereocenters. The van der Waals surface area contributed by atoms with Crippen LogP contribution in [0.3, 0.4) is 0 Å². The van der Waals surface area contributed by atoms with E-state index in [9.17, 15) is 9.90 Å². The van der Waals surface area contributed by atoms with Gasteiger partial charge in [-0.3, -0.25) is 4.79 Å². The number of amides is 1. The Labute approximate surface area is 143 Å². The van der Waals surface area contributed by atoms with Gasteiger partial charge in [0.05, 0.1) is 12.1 Å². The minimum Gasteiger partial charge on any atom is -0.390 e. The van der Waals surface area contributed by atoms with Crippen molar-refractivity contribution >= 4 is 18.3 Å². The Kier molecular flexibility index (Phi) is 4.95. The van der Waals surface area contributed by atoms with E-state index >= 15 is 0 Å². The van der Waals surface area contributed by atoms with Gasteiger partial charge in [0, 0.05) is 24.9 Å². The van der Waals surface area contributed by atoms with Crippen molar-refractivity contribution < 1.29 is 9.90 Å². The third-order valence-electron chi connectivity index (χ3n) is 5.57. The van der Waals surface area contributed by atoms with Crippen molar-refractivity contribution in [3.63, 3.8) is 0 Å². The lowest BCUT2D eigenvalue weighted by molar-refractivity contribution is -0.123. The fourth-order valence-corrected chi connectivity index (χ4v) is 4.58. The van der Waals surface area contributed by atoms with Gasteiger partial charge in [0.2, 0.25) is 5.91 Å². The third-order valence-corrected chi connectivity index (χ3v) is 5.57.